The molecule has 1 saturated heterocycles. The number of hydrogen-bond acceptors (Lipinski definition) is 4. The molecule has 4 rings (SSSR count). The molecule has 0 aliphatic carbocycles. The molecule has 0 spiro atoms. The van der Waals surface area contributed by atoms with Crippen LogP contribution in [0.1, 0.15) is 31.2 Å². The number of fused-ring (bicyclic) bond motifs is 1. The van der Waals surface area contributed by atoms with Crippen molar-refractivity contribution in [3.8, 4) is 0 Å². The van der Waals surface area contributed by atoms with Crippen LogP contribution in [0.25, 0.3) is 0 Å². The number of carbonyl (C=O) groups excluding carboxylic acids is 3. The Morgan fingerprint density at radius 2 is 1.81 bits per heavy atom. The van der Waals surface area contributed by atoms with E-state index in [1.165, 1.54) is 16.7 Å². The molecule has 2 aromatic carbocycles. The number of nitrogens with one attached hydrogen (secondary N) is 1. The van der Waals surface area contributed by atoms with Gasteiger partial charge in [-0.2, -0.15) is 0 Å². The van der Waals surface area contributed by atoms with E-state index < -0.39 is 5.25 Å². The third-order valence-electron chi connectivity index (χ3n) is 5.79. The van der Waals surface area contributed by atoms with E-state index in [1.807, 2.05) is 42.2 Å². The Hall–Kier alpha value is -2.51. The molecule has 3 amide bonds. The maximum atomic E-state index is 13.4. The molecule has 8 heteroatoms. The molecule has 1 N–H and O–H groups in total. The number of likely N-dealkylation sites (tertiary alicyclic amines) is 1. The lowest BCUT2D eigenvalue weighted by Gasteiger charge is -2.34. The van der Waals surface area contributed by atoms with Gasteiger partial charge in [-0.15, -0.1) is 11.8 Å². The molecule has 1 atom stereocenters. The van der Waals surface area contributed by atoms with Gasteiger partial charge in [0.1, 0.15) is 6.54 Å². The van der Waals surface area contributed by atoms with Crippen molar-refractivity contribution in [3.63, 3.8) is 0 Å². The van der Waals surface area contributed by atoms with Gasteiger partial charge in [-0.25, -0.2) is 0 Å². The highest BCUT2D eigenvalue weighted by molar-refractivity contribution is 8.01. The molecule has 0 bridgehead atoms. The highest BCUT2D eigenvalue weighted by Crippen LogP contribution is 2.40. The predicted octanol–water partition coefficient (Wildman–Crippen LogP) is 4.50. The number of rotatable bonds is 4. The van der Waals surface area contributed by atoms with Crippen molar-refractivity contribution in [2.24, 2.45) is 0 Å². The lowest BCUT2D eigenvalue weighted by atomic mass is 10.2. The quantitative estimate of drug-likeness (QED) is 0.666. The Morgan fingerprint density at radius 1 is 1.09 bits per heavy atom. The average Bonchev–Trinajstić information content (AvgIpc) is 3.07. The summed E-state index contributed by atoms with van der Waals surface area (Å²) >= 11 is 7.44. The van der Waals surface area contributed by atoms with E-state index in [2.05, 4.69) is 5.32 Å². The van der Waals surface area contributed by atoms with E-state index in [0.29, 0.717) is 29.5 Å². The predicted molar refractivity (Wildman–Crippen MR) is 128 cm³/mol. The number of amides is 3. The number of nitrogens with zero attached hydrogens (tertiary/aromatic N) is 2. The highest BCUT2D eigenvalue weighted by Gasteiger charge is 2.40. The van der Waals surface area contributed by atoms with Crippen LogP contribution in [0.2, 0.25) is 5.02 Å². The van der Waals surface area contributed by atoms with Crippen LogP contribution < -0.4 is 10.2 Å². The number of anilines is 2. The summed E-state index contributed by atoms with van der Waals surface area (Å²) in [5, 5.41) is 2.49. The summed E-state index contributed by atoms with van der Waals surface area (Å²) in [4.78, 5) is 43.5. The molecule has 2 aliphatic heterocycles. The number of carbonyl (C=O) groups is 3. The average molecular weight is 472 g/mol. The standard InChI is InChI=1S/C24H26ClN3O3S/c1-16-10-11-17(14-18(16)25)26-21(29)15-28-19-8-4-5-9-20(19)32-22(24(28)31)23(30)27-12-6-2-3-7-13-27/h4-5,8-11,14,22H,2-3,6-7,12-13,15H2,1H3,(H,26,29)/t22-/m1/s1. The Labute approximate surface area is 197 Å². The zero-order chi connectivity index (χ0) is 22.7. The lowest BCUT2D eigenvalue weighted by molar-refractivity contribution is -0.135. The Bertz CT molecular complexity index is 1040. The summed E-state index contributed by atoms with van der Waals surface area (Å²) in [5.74, 6) is -0.854. The van der Waals surface area contributed by atoms with Crippen molar-refractivity contribution in [2.75, 3.05) is 29.9 Å². The summed E-state index contributed by atoms with van der Waals surface area (Å²) in [6.07, 6.45) is 4.12. The number of hydrogen-bond donors (Lipinski definition) is 1. The van der Waals surface area contributed by atoms with Crippen LogP contribution in [0.4, 0.5) is 11.4 Å². The van der Waals surface area contributed by atoms with Gasteiger partial charge < -0.3 is 15.1 Å². The van der Waals surface area contributed by atoms with E-state index in [4.69, 9.17) is 11.6 Å². The molecule has 2 aromatic rings. The van der Waals surface area contributed by atoms with Crippen LogP contribution in [-0.4, -0.2) is 47.5 Å². The van der Waals surface area contributed by atoms with Gasteiger partial charge in [0.25, 0.3) is 5.91 Å². The minimum absolute atomic E-state index is 0.160. The van der Waals surface area contributed by atoms with Crippen LogP contribution in [0, 0.1) is 6.92 Å². The van der Waals surface area contributed by atoms with Crippen molar-refractivity contribution in [1.29, 1.82) is 0 Å². The molecule has 0 radical (unpaired) electrons. The van der Waals surface area contributed by atoms with E-state index in [9.17, 15) is 14.4 Å². The SMILES string of the molecule is Cc1ccc(NC(=O)CN2C(=O)[C@@H](C(=O)N3CCCCCC3)Sc3ccccc32)cc1Cl. The van der Waals surface area contributed by atoms with Gasteiger partial charge in [-0.3, -0.25) is 14.4 Å². The fraction of sp³-hybridized carbons (Fsp3) is 0.375. The lowest BCUT2D eigenvalue weighted by Crippen LogP contribution is -2.51. The number of halogens is 1. The number of thioether (sulfide) groups is 1. The van der Waals surface area contributed by atoms with E-state index in [0.717, 1.165) is 36.1 Å². The molecule has 2 aliphatic rings. The summed E-state index contributed by atoms with van der Waals surface area (Å²) in [6, 6.07) is 12.7. The molecule has 0 saturated carbocycles. The van der Waals surface area contributed by atoms with Crippen molar-refractivity contribution >= 4 is 52.5 Å². The van der Waals surface area contributed by atoms with Crippen LogP contribution in [0.3, 0.4) is 0 Å². The van der Waals surface area contributed by atoms with E-state index in [1.54, 1.807) is 12.1 Å². The molecular formula is C24H26ClN3O3S. The van der Waals surface area contributed by atoms with Crippen molar-refractivity contribution in [3.05, 3.63) is 53.1 Å². The van der Waals surface area contributed by atoms with Gasteiger partial charge in [0.15, 0.2) is 5.25 Å². The van der Waals surface area contributed by atoms with Gasteiger partial charge in [0.2, 0.25) is 11.8 Å². The second kappa shape index (κ2) is 9.96. The maximum absolute atomic E-state index is 13.4. The van der Waals surface area contributed by atoms with Crippen LogP contribution in [0.5, 0.6) is 0 Å². The molecule has 0 unspecified atom stereocenters. The van der Waals surface area contributed by atoms with Gasteiger partial charge in [-0.1, -0.05) is 42.6 Å². The maximum Gasteiger partial charge on any atom is 0.250 e. The fourth-order valence-electron chi connectivity index (χ4n) is 4.01. The zero-order valence-electron chi connectivity index (χ0n) is 18.0. The second-order valence-electron chi connectivity index (χ2n) is 8.14. The topological polar surface area (TPSA) is 69.7 Å². The minimum atomic E-state index is -0.871. The summed E-state index contributed by atoms with van der Waals surface area (Å²) in [7, 11) is 0. The van der Waals surface area contributed by atoms with Gasteiger partial charge in [0.05, 0.1) is 5.69 Å². The smallest absolute Gasteiger partial charge is 0.250 e. The van der Waals surface area contributed by atoms with Gasteiger partial charge in [-0.05, 0) is 49.6 Å². The van der Waals surface area contributed by atoms with E-state index in [-0.39, 0.29) is 24.3 Å². The Balaban J connectivity index is 1.54. The van der Waals surface area contributed by atoms with Gasteiger partial charge >= 0.3 is 0 Å². The molecule has 32 heavy (non-hydrogen) atoms. The normalized spacial score (nSPS) is 18.7. The van der Waals surface area contributed by atoms with Crippen LogP contribution in [-0.2, 0) is 14.4 Å². The molecule has 2 heterocycles. The summed E-state index contributed by atoms with van der Waals surface area (Å²) in [6.45, 7) is 3.07. The zero-order valence-corrected chi connectivity index (χ0v) is 19.5. The molecule has 1 fully saturated rings. The van der Waals surface area contributed by atoms with E-state index >= 15 is 0 Å². The molecule has 168 valence electrons. The minimum Gasteiger partial charge on any atom is -0.341 e. The highest BCUT2D eigenvalue weighted by atomic mass is 35.5. The van der Waals surface area contributed by atoms with Crippen molar-refractivity contribution < 1.29 is 14.4 Å². The number of benzene rings is 2. The van der Waals surface area contributed by atoms with Crippen molar-refractivity contribution in [1.82, 2.24) is 4.90 Å². The first-order valence-corrected chi connectivity index (χ1v) is 12.1. The number of aryl methyl sites for hydroxylation is 1. The second-order valence-corrected chi connectivity index (χ2v) is 9.70. The largest absolute Gasteiger partial charge is 0.341 e. The third-order valence-corrected chi connectivity index (χ3v) is 7.44. The van der Waals surface area contributed by atoms with Crippen molar-refractivity contribution in [2.45, 2.75) is 42.8 Å². The van der Waals surface area contributed by atoms with Crippen LogP contribution >= 0.6 is 23.4 Å². The first-order chi connectivity index (χ1) is 15.4. The molecular weight excluding hydrogens is 446 g/mol. The fourth-order valence-corrected chi connectivity index (χ4v) is 5.38. The van der Waals surface area contributed by atoms with Gasteiger partial charge in [0, 0.05) is 28.7 Å². The molecule has 6 nitrogen and oxygen atoms in total. The first kappa shape index (κ1) is 22.7. The Morgan fingerprint density at radius 3 is 2.53 bits per heavy atom. The van der Waals surface area contributed by atoms with Crippen LogP contribution in [0.15, 0.2) is 47.4 Å². The monoisotopic (exact) mass is 471 g/mol. The first-order valence-electron chi connectivity index (χ1n) is 10.9. The summed E-state index contributed by atoms with van der Waals surface area (Å²) in [5.41, 5.74) is 2.13. The Kier molecular flexibility index (Phi) is 7.06. The number of para-hydroxylation sites is 1. The molecule has 0 aromatic heterocycles. The third kappa shape index (κ3) is 4.94. The summed E-state index contributed by atoms with van der Waals surface area (Å²) < 4.78 is 0.